The number of fused-ring (bicyclic) bond motifs is 2. The molecule has 5 rings (SSSR count). The van der Waals surface area contributed by atoms with E-state index in [1.54, 1.807) is 30.1 Å². The van der Waals surface area contributed by atoms with E-state index in [0.717, 1.165) is 0 Å². The van der Waals surface area contributed by atoms with E-state index in [-0.39, 0.29) is 18.0 Å². The number of non-ortho nitro benzene ring substituents is 1. The minimum Gasteiger partial charge on any atom is -0.461 e. The number of anilines is 1. The van der Waals surface area contributed by atoms with Gasteiger partial charge in [0, 0.05) is 35.8 Å². The van der Waals surface area contributed by atoms with Crippen molar-refractivity contribution in [3.05, 3.63) is 93.7 Å². The molecule has 2 aliphatic heterocycles. The lowest BCUT2D eigenvalue weighted by atomic mass is 9.71. The number of halogens is 1. The average Bonchev–Trinajstić information content (AvgIpc) is 3.47. The smallest absolute Gasteiger partial charge is 0.269 e. The van der Waals surface area contributed by atoms with Crippen LogP contribution in [0.1, 0.15) is 27.6 Å². The highest BCUT2D eigenvalue weighted by molar-refractivity contribution is 6.11. The Morgan fingerprint density at radius 3 is 2.78 bits per heavy atom. The molecule has 0 saturated carbocycles. The molecule has 1 saturated heterocycles. The first kappa shape index (κ1) is 20.1. The summed E-state index contributed by atoms with van der Waals surface area (Å²) in [4.78, 5) is 39.7. The summed E-state index contributed by atoms with van der Waals surface area (Å²) in [5, 5.41) is 14.1. The molecule has 2 aromatic carbocycles. The van der Waals surface area contributed by atoms with Crippen molar-refractivity contribution in [1.82, 2.24) is 4.90 Å². The first-order valence-electron chi connectivity index (χ1n) is 9.99. The van der Waals surface area contributed by atoms with Crippen molar-refractivity contribution in [3.63, 3.8) is 0 Å². The summed E-state index contributed by atoms with van der Waals surface area (Å²) in [5.41, 5.74) is -0.262. The lowest BCUT2D eigenvalue weighted by Gasteiger charge is -2.35. The van der Waals surface area contributed by atoms with Gasteiger partial charge in [-0.3, -0.25) is 24.6 Å². The quantitative estimate of drug-likeness (QED) is 0.381. The number of nitrogens with one attached hydrogen (secondary N) is 1. The number of nitrogens with zero attached hydrogens (tertiary/aromatic N) is 2. The Morgan fingerprint density at radius 1 is 1.25 bits per heavy atom. The number of likely N-dealkylation sites (tertiary alicyclic amines) is 1. The molecular weight excluding hydrogens is 417 g/mol. The normalized spacial score (nSPS) is 24.5. The van der Waals surface area contributed by atoms with Crippen LogP contribution in [0.15, 0.2) is 65.3 Å². The van der Waals surface area contributed by atoms with Crippen LogP contribution in [0, 0.1) is 21.8 Å². The zero-order valence-corrected chi connectivity index (χ0v) is 16.9. The van der Waals surface area contributed by atoms with Gasteiger partial charge < -0.3 is 9.73 Å². The van der Waals surface area contributed by atoms with Gasteiger partial charge in [0.2, 0.25) is 11.7 Å². The highest BCUT2D eigenvalue weighted by Crippen LogP contribution is 2.55. The van der Waals surface area contributed by atoms with E-state index in [4.69, 9.17) is 4.42 Å². The first-order chi connectivity index (χ1) is 15.3. The monoisotopic (exact) mass is 435 g/mol. The molecule has 3 heterocycles. The number of ketones is 1. The predicted molar refractivity (Wildman–Crippen MR) is 112 cm³/mol. The Morgan fingerprint density at radius 2 is 2.06 bits per heavy atom. The second-order valence-electron chi connectivity index (χ2n) is 8.07. The lowest BCUT2D eigenvalue weighted by molar-refractivity contribution is -0.384. The number of likely N-dealkylation sites (N-methyl/N-ethyl adjacent to an activating group) is 1. The van der Waals surface area contributed by atoms with E-state index in [1.807, 2.05) is 0 Å². The summed E-state index contributed by atoms with van der Waals surface area (Å²) < 4.78 is 19.6. The zero-order chi connectivity index (χ0) is 22.6. The van der Waals surface area contributed by atoms with E-state index in [0.29, 0.717) is 16.8 Å². The fourth-order valence-electron chi connectivity index (χ4n) is 5.15. The molecule has 1 spiro atoms. The van der Waals surface area contributed by atoms with Gasteiger partial charge in [0.1, 0.15) is 11.4 Å². The van der Waals surface area contributed by atoms with Crippen molar-refractivity contribution < 1.29 is 23.3 Å². The van der Waals surface area contributed by atoms with Gasteiger partial charge in [-0.25, -0.2) is 4.39 Å². The first-order valence-corrected chi connectivity index (χ1v) is 9.99. The maximum atomic E-state index is 14.3. The number of benzene rings is 2. The maximum Gasteiger partial charge on any atom is 0.269 e. The van der Waals surface area contributed by atoms with E-state index in [1.165, 1.54) is 42.7 Å². The van der Waals surface area contributed by atoms with Crippen molar-refractivity contribution in [2.75, 3.05) is 18.9 Å². The Balaban J connectivity index is 1.74. The molecule has 1 amide bonds. The standard InChI is InChI=1S/C23H18FN3O5/c1-26-12-16(13-4-2-5-15(10-13)27(30)31)20(21(28)19-6-3-9-32-19)23(26)17-11-14(24)7-8-18(17)25-22(23)29/h2-11,16,20H,12H2,1H3,(H,25,29)/t16-,20+,23-/m1/s1. The third-order valence-electron chi connectivity index (χ3n) is 6.47. The van der Waals surface area contributed by atoms with Crippen LogP contribution < -0.4 is 5.32 Å². The number of rotatable bonds is 4. The fourth-order valence-corrected chi connectivity index (χ4v) is 5.15. The maximum absolute atomic E-state index is 14.3. The molecule has 8 nitrogen and oxygen atoms in total. The number of carbonyl (C=O) groups is 2. The summed E-state index contributed by atoms with van der Waals surface area (Å²) in [7, 11) is 1.69. The summed E-state index contributed by atoms with van der Waals surface area (Å²) >= 11 is 0. The topological polar surface area (TPSA) is 106 Å². The lowest BCUT2D eigenvalue weighted by Crippen LogP contribution is -2.51. The molecular formula is C23H18FN3O5. The molecule has 1 N–H and O–H groups in total. The van der Waals surface area contributed by atoms with E-state index in [9.17, 15) is 24.1 Å². The number of amides is 1. The minimum absolute atomic E-state index is 0.0674. The van der Waals surface area contributed by atoms with Crippen molar-refractivity contribution in [3.8, 4) is 0 Å². The van der Waals surface area contributed by atoms with Crippen LogP contribution in [0.5, 0.6) is 0 Å². The molecule has 32 heavy (non-hydrogen) atoms. The predicted octanol–water partition coefficient (Wildman–Crippen LogP) is 3.70. The van der Waals surface area contributed by atoms with Crippen LogP contribution in [0.4, 0.5) is 15.8 Å². The van der Waals surface area contributed by atoms with Crippen LogP contribution in [0.25, 0.3) is 0 Å². The molecule has 3 atom stereocenters. The third kappa shape index (κ3) is 2.71. The number of nitro benzene ring substituents is 1. The van der Waals surface area contributed by atoms with Gasteiger partial charge in [0.25, 0.3) is 5.69 Å². The van der Waals surface area contributed by atoms with Crippen LogP contribution in [-0.2, 0) is 10.3 Å². The van der Waals surface area contributed by atoms with Crippen molar-refractivity contribution in [2.24, 2.45) is 5.92 Å². The third-order valence-corrected chi connectivity index (χ3v) is 6.47. The second kappa shape index (κ2) is 7.10. The molecule has 9 heteroatoms. The molecule has 0 radical (unpaired) electrons. The highest BCUT2D eigenvalue weighted by atomic mass is 19.1. The van der Waals surface area contributed by atoms with E-state index < -0.39 is 39.8 Å². The fraction of sp³-hybridized carbons (Fsp3) is 0.217. The van der Waals surface area contributed by atoms with E-state index in [2.05, 4.69) is 5.32 Å². The van der Waals surface area contributed by atoms with E-state index >= 15 is 0 Å². The van der Waals surface area contributed by atoms with Crippen LogP contribution >= 0.6 is 0 Å². The van der Waals surface area contributed by atoms with Crippen LogP contribution in [-0.4, -0.2) is 35.1 Å². The largest absolute Gasteiger partial charge is 0.461 e. The molecule has 1 fully saturated rings. The molecule has 2 aliphatic rings. The number of hydrogen-bond acceptors (Lipinski definition) is 6. The van der Waals surface area contributed by atoms with Crippen molar-refractivity contribution >= 4 is 23.1 Å². The Hall–Kier alpha value is -3.85. The van der Waals surface area contributed by atoms with Gasteiger partial charge in [0.15, 0.2) is 5.76 Å². The van der Waals surface area contributed by atoms with Crippen molar-refractivity contribution in [1.29, 1.82) is 0 Å². The van der Waals surface area contributed by atoms with Gasteiger partial charge in [-0.05, 0) is 42.9 Å². The van der Waals surface area contributed by atoms with Crippen LogP contribution in [0.3, 0.4) is 0 Å². The summed E-state index contributed by atoms with van der Waals surface area (Å²) in [6.45, 7) is 0.252. The second-order valence-corrected chi connectivity index (χ2v) is 8.07. The zero-order valence-electron chi connectivity index (χ0n) is 16.9. The SMILES string of the molecule is CN1C[C@H](c2cccc([N+](=O)[O-])c2)[C@@H](C(=O)c2ccco2)[C@]12C(=O)Nc1ccc(F)cc12. The van der Waals surface area contributed by atoms with Gasteiger partial charge in [-0.2, -0.15) is 0 Å². The molecule has 0 aliphatic carbocycles. The van der Waals surface area contributed by atoms with Gasteiger partial charge in [-0.15, -0.1) is 0 Å². The Bertz CT molecular complexity index is 1260. The van der Waals surface area contributed by atoms with Crippen LogP contribution in [0.2, 0.25) is 0 Å². The Kier molecular flexibility index (Phi) is 4.45. The van der Waals surface area contributed by atoms with Gasteiger partial charge in [0.05, 0.1) is 17.1 Å². The number of carbonyl (C=O) groups excluding carboxylic acids is 2. The van der Waals surface area contributed by atoms with Crippen molar-refractivity contribution in [2.45, 2.75) is 11.5 Å². The van der Waals surface area contributed by atoms with Gasteiger partial charge in [-0.1, -0.05) is 12.1 Å². The summed E-state index contributed by atoms with van der Waals surface area (Å²) in [6, 6.07) is 13.1. The molecule has 3 aromatic rings. The number of hydrogen-bond donors (Lipinski definition) is 1. The molecule has 0 unspecified atom stereocenters. The molecule has 0 bridgehead atoms. The highest BCUT2D eigenvalue weighted by Gasteiger charge is 2.64. The average molecular weight is 435 g/mol. The number of nitro groups is 1. The number of furan rings is 1. The summed E-state index contributed by atoms with van der Waals surface area (Å²) in [6.07, 6.45) is 1.36. The Labute approximate surface area is 181 Å². The summed E-state index contributed by atoms with van der Waals surface area (Å²) in [5.74, 6) is -2.91. The molecule has 1 aromatic heterocycles. The minimum atomic E-state index is -1.49. The van der Waals surface area contributed by atoms with Gasteiger partial charge >= 0.3 is 0 Å². The number of Topliss-reactive ketones (excluding diaryl/α,β-unsaturated/α-hetero) is 1. The molecule has 162 valence electrons.